The molecule has 1 nitrogen and oxygen atoms in total. The number of hydrogen-bond acceptors (Lipinski definition) is 1. The molecule has 1 aliphatic carbocycles. The Morgan fingerprint density at radius 1 is 1.15 bits per heavy atom. The van der Waals surface area contributed by atoms with E-state index in [0.29, 0.717) is 11.1 Å². The molecule has 1 fully saturated rings. The lowest BCUT2D eigenvalue weighted by Gasteiger charge is -2.14. The number of rotatable bonds is 2. The molecule has 20 heavy (non-hydrogen) atoms. The number of hydrogen-bond donors (Lipinski definition) is 0. The number of halogens is 3. The summed E-state index contributed by atoms with van der Waals surface area (Å²) in [6.45, 7) is 1.54. The van der Waals surface area contributed by atoms with Gasteiger partial charge in [-0.25, -0.2) is 0 Å². The number of carbonyl (C=O) groups excluding carboxylic acids is 1. The molecule has 1 aromatic rings. The van der Waals surface area contributed by atoms with Crippen LogP contribution < -0.4 is 0 Å². The van der Waals surface area contributed by atoms with E-state index in [1.165, 1.54) is 12.5 Å². The molecule has 108 valence electrons. The van der Waals surface area contributed by atoms with Crippen LogP contribution in [0.5, 0.6) is 0 Å². The first kappa shape index (κ1) is 14.8. The van der Waals surface area contributed by atoms with Crippen LogP contribution in [-0.2, 0) is 6.18 Å². The van der Waals surface area contributed by atoms with Crippen molar-refractivity contribution in [2.45, 2.75) is 45.2 Å². The fraction of sp³-hybridized carbons (Fsp3) is 0.438. The third-order valence-corrected chi connectivity index (χ3v) is 3.65. The van der Waals surface area contributed by atoms with Crippen molar-refractivity contribution in [2.24, 2.45) is 0 Å². The molecule has 0 unspecified atom stereocenters. The van der Waals surface area contributed by atoms with Crippen molar-refractivity contribution < 1.29 is 18.0 Å². The Labute approximate surface area is 116 Å². The van der Waals surface area contributed by atoms with Crippen LogP contribution in [0.3, 0.4) is 0 Å². The minimum atomic E-state index is -4.37. The standard InChI is InChI=1S/C16H17F3O/c1-11-9-13(16(17,18)19)7-8-14(11)15(20)10-12-5-3-2-4-6-12/h7-10H,2-6H2,1H3. The van der Waals surface area contributed by atoms with Crippen LogP contribution in [0.4, 0.5) is 13.2 Å². The molecule has 0 aliphatic heterocycles. The summed E-state index contributed by atoms with van der Waals surface area (Å²) >= 11 is 0. The Bertz CT molecular complexity index is 533. The minimum absolute atomic E-state index is 0.187. The maximum Gasteiger partial charge on any atom is 0.416 e. The summed E-state index contributed by atoms with van der Waals surface area (Å²) in [5.74, 6) is -0.187. The molecular formula is C16H17F3O. The zero-order valence-electron chi connectivity index (χ0n) is 11.4. The van der Waals surface area contributed by atoms with Crippen molar-refractivity contribution in [3.63, 3.8) is 0 Å². The quantitative estimate of drug-likeness (QED) is 0.545. The summed E-state index contributed by atoms with van der Waals surface area (Å²) in [6.07, 6.45) is 2.45. The van der Waals surface area contributed by atoms with Crippen LogP contribution in [0.2, 0.25) is 0 Å². The first-order chi connectivity index (χ1) is 9.38. The molecule has 2 rings (SSSR count). The topological polar surface area (TPSA) is 17.1 Å². The second-order valence-corrected chi connectivity index (χ2v) is 5.25. The van der Waals surface area contributed by atoms with Crippen LogP contribution in [0, 0.1) is 6.92 Å². The highest BCUT2D eigenvalue weighted by molar-refractivity contribution is 6.06. The lowest BCUT2D eigenvalue weighted by Crippen LogP contribution is -2.08. The van der Waals surface area contributed by atoms with E-state index < -0.39 is 11.7 Å². The second kappa shape index (κ2) is 5.81. The summed E-state index contributed by atoms with van der Waals surface area (Å²) in [5, 5.41) is 0. The average Bonchev–Trinajstić information content (AvgIpc) is 2.38. The molecule has 0 atom stereocenters. The molecule has 0 amide bonds. The van der Waals surface area contributed by atoms with Crippen LogP contribution in [0.25, 0.3) is 0 Å². The maximum absolute atomic E-state index is 12.6. The maximum atomic E-state index is 12.6. The summed E-state index contributed by atoms with van der Waals surface area (Å²) in [6, 6.07) is 3.28. The molecule has 1 saturated carbocycles. The number of aryl methyl sites for hydroxylation is 1. The van der Waals surface area contributed by atoms with Crippen molar-refractivity contribution in [3.05, 3.63) is 46.5 Å². The van der Waals surface area contributed by atoms with E-state index in [-0.39, 0.29) is 5.78 Å². The second-order valence-electron chi connectivity index (χ2n) is 5.25. The Morgan fingerprint density at radius 2 is 1.80 bits per heavy atom. The van der Waals surface area contributed by atoms with Gasteiger partial charge in [0.15, 0.2) is 5.78 Å². The molecular weight excluding hydrogens is 265 g/mol. The van der Waals surface area contributed by atoms with Gasteiger partial charge in [0.05, 0.1) is 5.56 Å². The SMILES string of the molecule is Cc1cc(C(F)(F)F)ccc1C(=O)C=C1CCCCC1. The van der Waals surface area contributed by atoms with E-state index in [2.05, 4.69) is 0 Å². The number of carbonyl (C=O) groups is 1. The Balaban J connectivity index is 2.22. The van der Waals surface area contributed by atoms with Gasteiger partial charge in [-0.15, -0.1) is 0 Å². The van der Waals surface area contributed by atoms with Gasteiger partial charge in [0, 0.05) is 5.56 Å². The lowest BCUT2D eigenvalue weighted by atomic mass is 9.92. The fourth-order valence-corrected chi connectivity index (χ4v) is 2.53. The Hall–Kier alpha value is -1.58. The fourth-order valence-electron chi connectivity index (χ4n) is 2.53. The van der Waals surface area contributed by atoms with E-state index in [0.717, 1.165) is 43.4 Å². The molecule has 0 N–H and O–H groups in total. The molecule has 4 heteroatoms. The zero-order chi connectivity index (χ0) is 14.8. The summed E-state index contributed by atoms with van der Waals surface area (Å²) in [5.41, 5.74) is 1.13. The van der Waals surface area contributed by atoms with Gasteiger partial charge in [0.2, 0.25) is 0 Å². The lowest BCUT2D eigenvalue weighted by molar-refractivity contribution is -0.137. The van der Waals surface area contributed by atoms with E-state index in [1.807, 2.05) is 0 Å². The number of ketones is 1. The molecule has 0 spiro atoms. The third-order valence-electron chi connectivity index (χ3n) is 3.65. The van der Waals surface area contributed by atoms with Gasteiger partial charge < -0.3 is 0 Å². The Kier molecular flexibility index (Phi) is 4.31. The summed E-state index contributed by atoms with van der Waals surface area (Å²) in [4.78, 5) is 12.1. The highest BCUT2D eigenvalue weighted by atomic mass is 19.4. The normalized spacial score (nSPS) is 16.1. The van der Waals surface area contributed by atoms with Crippen molar-refractivity contribution in [3.8, 4) is 0 Å². The molecule has 0 bridgehead atoms. The van der Waals surface area contributed by atoms with Crippen molar-refractivity contribution in [1.29, 1.82) is 0 Å². The van der Waals surface area contributed by atoms with E-state index >= 15 is 0 Å². The van der Waals surface area contributed by atoms with Gasteiger partial charge in [0.1, 0.15) is 0 Å². The number of alkyl halides is 3. The van der Waals surface area contributed by atoms with Gasteiger partial charge >= 0.3 is 6.18 Å². The van der Waals surface area contributed by atoms with Gasteiger partial charge in [-0.2, -0.15) is 13.2 Å². The van der Waals surface area contributed by atoms with Crippen molar-refractivity contribution in [1.82, 2.24) is 0 Å². The van der Waals surface area contributed by atoms with Crippen molar-refractivity contribution >= 4 is 5.78 Å². The number of allylic oxidation sites excluding steroid dienone is 2. The summed E-state index contributed by atoms with van der Waals surface area (Å²) < 4.78 is 37.7. The predicted molar refractivity (Wildman–Crippen MR) is 71.7 cm³/mol. The smallest absolute Gasteiger partial charge is 0.289 e. The summed E-state index contributed by atoms with van der Waals surface area (Å²) in [7, 11) is 0. The molecule has 0 saturated heterocycles. The number of benzene rings is 1. The monoisotopic (exact) mass is 282 g/mol. The zero-order valence-corrected chi connectivity index (χ0v) is 11.4. The van der Waals surface area contributed by atoms with Gasteiger partial charge in [0.25, 0.3) is 0 Å². The molecule has 1 aromatic carbocycles. The Morgan fingerprint density at radius 3 is 2.35 bits per heavy atom. The highest BCUT2D eigenvalue weighted by Crippen LogP contribution is 2.31. The van der Waals surface area contributed by atoms with Crippen LogP contribution in [0.1, 0.15) is 53.6 Å². The molecule has 0 heterocycles. The van der Waals surface area contributed by atoms with E-state index in [4.69, 9.17) is 0 Å². The van der Waals surface area contributed by atoms with E-state index in [1.54, 1.807) is 13.0 Å². The van der Waals surface area contributed by atoms with Crippen LogP contribution in [-0.4, -0.2) is 5.78 Å². The van der Waals surface area contributed by atoms with Gasteiger partial charge in [-0.3, -0.25) is 4.79 Å². The van der Waals surface area contributed by atoms with Gasteiger partial charge in [-0.05, 0) is 56.4 Å². The van der Waals surface area contributed by atoms with Crippen molar-refractivity contribution in [2.75, 3.05) is 0 Å². The predicted octanol–water partition coefficient (Wildman–Crippen LogP) is 5.09. The molecule has 1 aliphatic rings. The highest BCUT2D eigenvalue weighted by Gasteiger charge is 2.30. The van der Waals surface area contributed by atoms with E-state index in [9.17, 15) is 18.0 Å². The first-order valence-electron chi connectivity index (χ1n) is 6.79. The largest absolute Gasteiger partial charge is 0.416 e. The first-order valence-corrected chi connectivity index (χ1v) is 6.79. The van der Waals surface area contributed by atoms with Crippen LogP contribution >= 0.6 is 0 Å². The average molecular weight is 282 g/mol. The van der Waals surface area contributed by atoms with Crippen LogP contribution in [0.15, 0.2) is 29.8 Å². The molecule has 0 aromatic heterocycles. The third kappa shape index (κ3) is 3.50. The van der Waals surface area contributed by atoms with Gasteiger partial charge in [-0.1, -0.05) is 18.1 Å². The minimum Gasteiger partial charge on any atom is -0.289 e. The molecule has 0 radical (unpaired) electrons.